The molecule has 4 heteroatoms. The Bertz CT molecular complexity index is 272. The Morgan fingerprint density at radius 2 is 1.83 bits per heavy atom. The summed E-state index contributed by atoms with van der Waals surface area (Å²) in [7, 11) is 0. The highest BCUT2D eigenvalue weighted by molar-refractivity contribution is 5.71. The van der Waals surface area contributed by atoms with Crippen molar-refractivity contribution in [3.8, 4) is 0 Å². The zero-order valence-corrected chi connectivity index (χ0v) is 11.5. The van der Waals surface area contributed by atoms with Crippen molar-refractivity contribution in [2.24, 2.45) is 0 Å². The SMILES string of the molecule is C=C.CCOC(C)OCC.O=Cc1ccccn1. The van der Waals surface area contributed by atoms with Crippen molar-refractivity contribution >= 4 is 6.29 Å². The molecule has 0 bridgehead atoms. The van der Waals surface area contributed by atoms with Crippen molar-refractivity contribution in [3.05, 3.63) is 43.2 Å². The Morgan fingerprint density at radius 3 is 2.11 bits per heavy atom. The predicted molar refractivity (Wildman–Crippen MR) is 73.6 cm³/mol. The molecule has 0 fully saturated rings. The summed E-state index contributed by atoms with van der Waals surface area (Å²) in [6.07, 6.45) is 2.27. The minimum atomic E-state index is -0.0370. The molecule has 1 heterocycles. The molecule has 4 nitrogen and oxygen atoms in total. The standard InChI is InChI=1S/C6H5NO.C6H14O2.C2H4/c8-5-6-3-1-2-4-7-6;1-4-7-6(3)8-5-2;1-2/h1-5H;6H,4-5H2,1-3H3;1-2H2. The van der Waals surface area contributed by atoms with E-state index in [1.165, 1.54) is 0 Å². The predicted octanol–water partition coefficient (Wildman–Crippen LogP) is 3.10. The molecule has 0 aromatic carbocycles. The molecule has 0 spiro atoms. The van der Waals surface area contributed by atoms with Crippen LogP contribution in [0.1, 0.15) is 31.3 Å². The van der Waals surface area contributed by atoms with E-state index >= 15 is 0 Å². The Labute approximate surface area is 110 Å². The van der Waals surface area contributed by atoms with Crippen LogP contribution in [-0.4, -0.2) is 30.8 Å². The van der Waals surface area contributed by atoms with Crippen LogP contribution in [0.25, 0.3) is 0 Å². The number of carbonyl (C=O) groups is 1. The molecule has 0 atom stereocenters. The molecule has 0 N–H and O–H groups in total. The Balaban J connectivity index is 0. The van der Waals surface area contributed by atoms with Crippen LogP contribution in [0.4, 0.5) is 0 Å². The van der Waals surface area contributed by atoms with Gasteiger partial charge in [-0.2, -0.15) is 0 Å². The summed E-state index contributed by atoms with van der Waals surface area (Å²) >= 11 is 0. The molecule has 18 heavy (non-hydrogen) atoms. The summed E-state index contributed by atoms with van der Waals surface area (Å²) in [5.74, 6) is 0. The van der Waals surface area contributed by atoms with E-state index in [2.05, 4.69) is 18.1 Å². The topological polar surface area (TPSA) is 48.4 Å². The van der Waals surface area contributed by atoms with Gasteiger partial charge in [0.2, 0.25) is 0 Å². The molecule has 1 rings (SSSR count). The summed E-state index contributed by atoms with van der Waals surface area (Å²) in [4.78, 5) is 13.7. The third-order valence-electron chi connectivity index (χ3n) is 1.61. The number of rotatable bonds is 5. The van der Waals surface area contributed by atoms with Crippen LogP contribution < -0.4 is 0 Å². The fraction of sp³-hybridized carbons (Fsp3) is 0.429. The second kappa shape index (κ2) is 15.5. The van der Waals surface area contributed by atoms with E-state index in [0.29, 0.717) is 5.69 Å². The van der Waals surface area contributed by atoms with E-state index in [1.807, 2.05) is 20.8 Å². The first-order chi connectivity index (χ1) is 8.74. The fourth-order valence-corrected chi connectivity index (χ4v) is 0.963. The fourth-order valence-electron chi connectivity index (χ4n) is 0.963. The van der Waals surface area contributed by atoms with Crippen LogP contribution in [0.5, 0.6) is 0 Å². The van der Waals surface area contributed by atoms with Crippen molar-refractivity contribution in [3.63, 3.8) is 0 Å². The summed E-state index contributed by atoms with van der Waals surface area (Å²) in [6, 6.07) is 5.21. The maximum atomic E-state index is 9.94. The van der Waals surface area contributed by atoms with Crippen molar-refractivity contribution in [2.75, 3.05) is 13.2 Å². The molecule has 0 saturated carbocycles. The molecule has 0 unspecified atom stereocenters. The van der Waals surface area contributed by atoms with Gasteiger partial charge in [0.1, 0.15) is 5.69 Å². The second-order valence-corrected chi connectivity index (χ2v) is 2.85. The third kappa shape index (κ3) is 12.5. The molecule has 1 aromatic heterocycles. The molecule has 102 valence electrons. The van der Waals surface area contributed by atoms with Gasteiger partial charge in [0.15, 0.2) is 12.6 Å². The molecule has 0 radical (unpaired) electrons. The van der Waals surface area contributed by atoms with E-state index in [9.17, 15) is 4.79 Å². The van der Waals surface area contributed by atoms with Crippen molar-refractivity contribution < 1.29 is 14.3 Å². The van der Waals surface area contributed by atoms with Gasteiger partial charge in [0.25, 0.3) is 0 Å². The summed E-state index contributed by atoms with van der Waals surface area (Å²) in [5.41, 5.74) is 0.479. The van der Waals surface area contributed by atoms with Gasteiger partial charge >= 0.3 is 0 Å². The number of aromatic nitrogens is 1. The largest absolute Gasteiger partial charge is 0.353 e. The Hall–Kier alpha value is -1.52. The average Bonchev–Trinajstić information content (AvgIpc) is 2.43. The van der Waals surface area contributed by atoms with E-state index in [4.69, 9.17) is 9.47 Å². The van der Waals surface area contributed by atoms with E-state index in [1.54, 1.807) is 24.4 Å². The van der Waals surface area contributed by atoms with Gasteiger partial charge in [-0.3, -0.25) is 9.78 Å². The van der Waals surface area contributed by atoms with Crippen LogP contribution in [0.15, 0.2) is 37.6 Å². The zero-order chi connectivity index (χ0) is 14.2. The molecule has 1 aromatic rings. The number of carbonyl (C=O) groups excluding carboxylic acids is 1. The number of nitrogens with zero attached hydrogens (tertiary/aromatic N) is 1. The smallest absolute Gasteiger partial charge is 0.168 e. The number of ether oxygens (including phenoxy) is 2. The van der Waals surface area contributed by atoms with Crippen LogP contribution in [0, 0.1) is 0 Å². The molecular weight excluding hydrogens is 230 g/mol. The first-order valence-electron chi connectivity index (χ1n) is 5.84. The highest BCUT2D eigenvalue weighted by Gasteiger charge is 1.94. The summed E-state index contributed by atoms with van der Waals surface area (Å²) < 4.78 is 10.1. The van der Waals surface area contributed by atoms with Gasteiger partial charge in [0, 0.05) is 19.4 Å². The molecule has 0 aliphatic carbocycles. The average molecular weight is 253 g/mol. The highest BCUT2D eigenvalue weighted by atomic mass is 16.7. The molecule has 0 saturated heterocycles. The van der Waals surface area contributed by atoms with Gasteiger partial charge in [-0.25, -0.2) is 0 Å². The number of hydrogen-bond acceptors (Lipinski definition) is 4. The summed E-state index contributed by atoms with van der Waals surface area (Å²) in [6.45, 7) is 13.3. The number of hydrogen-bond donors (Lipinski definition) is 0. The maximum absolute atomic E-state index is 9.94. The first-order valence-corrected chi connectivity index (χ1v) is 5.84. The monoisotopic (exact) mass is 253 g/mol. The molecular formula is C14H23NO3. The lowest BCUT2D eigenvalue weighted by Crippen LogP contribution is -2.11. The normalized spacial score (nSPS) is 8.67. The van der Waals surface area contributed by atoms with Crippen LogP contribution in [0.2, 0.25) is 0 Å². The van der Waals surface area contributed by atoms with Gasteiger partial charge in [-0.15, -0.1) is 13.2 Å². The molecule has 0 amide bonds. The van der Waals surface area contributed by atoms with Gasteiger partial charge in [0.05, 0.1) is 0 Å². The lowest BCUT2D eigenvalue weighted by atomic mass is 10.4. The van der Waals surface area contributed by atoms with Gasteiger partial charge < -0.3 is 9.47 Å². The van der Waals surface area contributed by atoms with Gasteiger partial charge in [-0.1, -0.05) is 6.07 Å². The lowest BCUT2D eigenvalue weighted by Gasteiger charge is -2.09. The number of pyridine rings is 1. The van der Waals surface area contributed by atoms with E-state index in [-0.39, 0.29) is 6.29 Å². The van der Waals surface area contributed by atoms with Crippen molar-refractivity contribution in [1.82, 2.24) is 4.98 Å². The van der Waals surface area contributed by atoms with Crippen LogP contribution >= 0.6 is 0 Å². The Morgan fingerprint density at radius 1 is 1.28 bits per heavy atom. The quantitative estimate of drug-likeness (QED) is 0.459. The number of aldehydes is 1. The third-order valence-corrected chi connectivity index (χ3v) is 1.61. The maximum Gasteiger partial charge on any atom is 0.168 e. The minimum absolute atomic E-state index is 0.0370. The minimum Gasteiger partial charge on any atom is -0.353 e. The van der Waals surface area contributed by atoms with Crippen LogP contribution in [0.3, 0.4) is 0 Å². The zero-order valence-electron chi connectivity index (χ0n) is 11.5. The van der Waals surface area contributed by atoms with Gasteiger partial charge in [-0.05, 0) is 32.9 Å². The van der Waals surface area contributed by atoms with E-state index < -0.39 is 0 Å². The van der Waals surface area contributed by atoms with Crippen LogP contribution in [-0.2, 0) is 9.47 Å². The first kappa shape index (κ1) is 18.8. The molecule has 0 aliphatic rings. The molecule has 0 aliphatic heterocycles. The Kier molecular flexibility index (Phi) is 16.2. The van der Waals surface area contributed by atoms with Crippen molar-refractivity contribution in [2.45, 2.75) is 27.1 Å². The highest BCUT2D eigenvalue weighted by Crippen LogP contribution is 1.90. The second-order valence-electron chi connectivity index (χ2n) is 2.85. The lowest BCUT2D eigenvalue weighted by molar-refractivity contribution is -0.123. The van der Waals surface area contributed by atoms with E-state index in [0.717, 1.165) is 19.5 Å². The summed E-state index contributed by atoms with van der Waals surface area (Å²) in [5, 5.41) is 0. The van der Waals surface area contributed by atoms with Crippen molar-refractivity contribution in [1.29, 1.82) is 0 Å².